The lowest BCUT2D eigenvalue weighted by atomic mass is 10.2. The second-order valence-electron chi connectivity index (χ2n) is 6.24. The van der Waals surface area contributed by atoms with Crippen LogP contribution < -0.4 is 15.4 Å². The molecule has 0 radical (unpaired) electrons. The lowest BCUT2D eigenvalue weighted by Gasteiger charge is -2.12. The lowest BCUT2D eigenvalue weighted by Crippen LogP contribution is -2.08. The summed E-state index contributed by atoms with van der Waals surface area (Å²) in [5.41, 5.74) is 3.83. The number of ether oxygens (including phenoxy) is 1. The summed E-state index contributed by atoms with van der Waals surface area (Å²) < 4.78 is 6.78. The van der Waals surface area contributed by atoms with Gasteiger partial charge in [0.25, 0.3) is 5.78 Å². The van der Waals surface area contributed by atoms with E-state index in [0.717, 1.165) is 22.7 Å². The van der Waals surface area contributed by atoms with Crippen molar-refractivity contribution in [1.29, 1.82) is 0 Å². The normalized spacial score (nSPS) is 10.8. The van der Waals surface area contributed by atoms with Crippen molar-refractivity contribution in [3.05, 3.63) is 71.1 Å². The number of nitrogens with zero attached hydrogens (tertiary/aromatic N) is 4. The van der Waals surface area contributed by atoms with Crippen LogP contribution in [0.4, 0.5) is 17.2 Å². The fourth-order valence-electron chi connectivity index (χ4n) is 2.82. The van der Waals surface area contributed by atoms with E-state index in [2.05, 4.69) is 37.8 Å². The largest absolute Gasteiger partial charge is 0.497 e. The number of nitrogens with one attached hydrogen (secondary N) is 2. The quantitative estimate of drug-likeness (QED) is 0.503. The maximum absolute atomic E-state index is 6.40. The summed E-state index contributed by atoms with van der Waals surface area (Å²) in [4.78, 5) is 8.44. The molecule has 0 saturated carbocycles. The number of hydrogen-bond acceptors (Lipinski definition) is 6. The first-order valence-electron chi connectivity index (χ1n) is 8.74. The van der Waals surface area contributed by atoms with Crippen molar-refractivity contribution in [3.8, 4) is 5.75 Å². The van der Waals surface area contributed by atoms with E-state index < -0.39 is 0 Å². The van der Waals surface area contributed by atoms with E-state index in [0.29, 0.717) is 28.9 Å². The van der Waals surface area contributed by atoms with Crippen molar-refractivity contribution in [2.75, 3.05) is 17.7 Å². The fourth-order valence-corrected chi connectivity index (χ4v) is 3.01. The molecule has 28 heavy (non-hydrogen) atoms. The predicted octanol–water partition coefficient (Wildman–Crippen LogP) is 4.45. The Morgan fingerprint density at radius 2 is 1.71 bits per heavy atom. The lowest BCUT2D eigenvalue weighted by molar-refractivity contribution is 0.415. The second kappa shape index (κ2) is 7.74. The molecule has 0 aliphatic rings. The van der Waals surface area contributed by atoms with E-state index >= 15 is 0 Å². The molecule has 0 aliphatic heterocycles. The van der Waals surface area contributed by atoms with Gasteiger partial charge in [-0.1, -0.05) is 23.7 Å². The Labute approximate surface area is 167 Å². The van der Waals surface area contributed by atoms with Gasteiger partial charge in [-0.05, 0) is 48.9 Å². The number of aromatic nitrogens is 4. The number of benzene rings is 2. The van der Waals surface area contributed by atoms with Gasteiger partial charge in [-0.25, -0.2) is 4.98 Å². The average Bonchev–Trinajstić information content (AvgIpc) is 3.18. The number of aryl methyl sites for hydroxylation is 1. The third-order valence-corrected chi connectivity index (χ3v) is 4.78. The van der Waals surface area contributed by atoms with Crippen LogP contribution in [0.25, 0.3) is 5.78 Å². The van der Waals surface area contributed by atoms with Crippen LogP contribution in [0.2, 0.25) is 5.02 Å². The Morgan fingerprint density at radius 1 is 1.04 bits per heavy atom. The van der Waals surface area contributed by atoms with Crippen LogP contribution in [0.5, 0.6) is 5.75 Å². The molecule has 0 saturated heterocycles. The SMILES string of the molecule is COc1ccc(Nc2ccc(CNc3c(Cl)c(C)nc4ncnn34)cc2)cc1. The van der Waals surface area contributed by atoms with Gasteiger partial charge in [-0.3, -0.25) is 0 Å². The Bertz CT molecular complexity index is 1090. The monoisotopic (exact) mass is 394 g/mol. The summed E-state index contributed by atoms with van der Waals surface area (Å²) in [5, 5.41) is 11.4. The first kappa shape index (κ1) is 18.1. The first-order chi connectivity index (χ1) is 13.6. The first-order valence-corrected chi connectivity index (χ1v) is 9.11. The van der Waals surface area contributed by atoms with Gasteiger partial charge in [-0.2, -0.15) is 14.6 Å². The van der Waals surface area contributed by atoms with Gasteiger partial charge >= 0.3 is 0 Å². The van der Waals surface area contributed by atoms with Crippen molar-refractivity contribution in [2.45, 2.75) is 13.5 Å². The molecule has 0 amide bonds. The van der Waals surface area contributed by atoms with Gasteiger partial charge in [0.05, 0.1) is 12.8 Å². The van der Waals surface area contributed by atoms with Crippen molar-refractivity contribution >= 4 is 34.6 Å². The molecule has 2 heterocycles. The van der Waals surface area contributed by atoms with E-state index in [1.807, 2.05) is 43.3 Å². The summed E-state index contributed by atoms with van der Waals surface area (Å²) in [6, 6.07) is 16.0. The molecule has 4 rings (SSSR count). The van der Waals surface area contributed by atoms with Crippen LogP contribution >= 0.6 is 11.6 Å². The number of fused-ring (bicyclic) bond motifs is 1. The van der Waals surface area contributed by atoms with Gasteiger partial charge in [0.15, 0.2) is 5.82 Å². The number of anilines is 3. The zero-order valence-electron chi connectivity index (χ0n) is 15.5. The molecule has 7 nitrogen and oxygen atoms in total. The zero-order chi connectivity index (χ0) is 19.5. The molecule has 0 aliphatic carbocycles. The third-order valence-electron chi connectivity index (χ3n) is 4.33. The zero-order valence-corrected chi connectivity index (χ0v) is 16.2. The maximum atomic E-state index is 6.40. The van der Waals surface area contributed by atoms with Crippen LogP contribution in [0, 0.1) is 6.92 Å². The van der Waals surface area contributed by atoms with Gasteiger partial charge in [-0.15, -0.1) is 0 Å². The summed E-state index contributed by atoms with van der Waals surface area (Å²) in [7, 11) is 1.66. The Kier molecular flexibility index (Phi) is 4.99. The third kappa shape index (κ3) is 3.70. The summed E-state index contributed by atoms with van der Waals surface area (Å²) in [6.07, 6.45) is 1.46. The van der Waals surface area contributed by atoms with E-state index in [1.54, 1.807) is 11.6 Å². The number of halogens is 1. The smallest absolute Gasteiger partial charge is 0.254 e. The Hall–Kier alpha value is -3.32. The molecule has 0 fully saturated rings. The van der Waals surface area contributed by atoms with Crippen LogP contribution in [0.3, 0.4) is 0 Å². The van der Waals surface area contributed by atoms with Gasteiger partial charge in [0.1, 0.15) is 17.1 Å². The van der Waals surface area contributed by atoms with Crippen molar-refractivity contribution in [3.63, 3.8) is 0 Å². The fraction of sp³-hybridized carbons (Fsp3) is 0.150. The highest BCUT2D eigenvalue weighted by Crippen LogP contribution is 2.25. The summed E-state index contributed by atoms with van der Waals surface area (Å²) >= 11 is 6.40. The van der Waals surface area contributed by atoms with Crippen LogP contribution in [-0.4, -0.2) is 26.7 Å². The van der Waals surface area contributed by atoms with E-state index in [1.165, 1.54) is 6.33 Å². The van der Waals surface area contributed by atoms with Crippen LogP contribution in [0.15, 0.2) is 54.9 Å². The van der Waals surface area contributed by atoms with E-state index in [-0.39, 0.29) is 0 Å². The van der Waals surface area contributed by atoms with Crippen molar-refractivity contribution in [2.24, 2.45) is 0 Å². The predicted molar refractivity (Wildman–Crippen MR) is 111 cm³/mol. The average molecular weight is 395 g/mol. The topological polar surface area (TPSA) is 76.4 Å². The highest BCUT2D eigenvalue weighted by atomic mass is 35.5. The molecule has 2 aromatic carbocycles. The molecule has 0 spiro atoms. The highest BCUT2D eigenvalue weighted by Gasteiger charge is 2.12. The molecule has 0 unspecified atom stereocenters. The summed E-state index contributed by atoms with van der Waals surface area (Å²) in [5.74, 6) is 2.03. The van der Waals surface area contributed by atoms with Gasteiger partial charge in [0, 0.05) is 17.9 Å². The molecule has 2 N–H and O–H groups in total. The second-order valence-corrected chi connectivity index (χ2v) is 6.61. The number of rotatable bonds is 6. The highest BCUT2D eigenvalue weighted by molar-refractivity contribution is 6.33. The van der Waals surface area contributed by atoms with Crippen molar-refractivity contribution in [1.82, 2.24) is 19.6 Å². The number of methoxy groups -OCH3 is 1. The molecular formula is C20H19ClN6O. The summed E-state index contributed by atoms with van der Waals surface area (Å²) in [6.45, 7) is 2.45. The standard InChI is InChI=1S/C20H19ClN6O/c1-13-18(21)19(27-20(25-13)23-12-24-27)22-11-14-3-5-15(6-4-14)26-16-7-9-17(28-2)10-8-16/h3-10,12,22,26H,11H2,1-2H3. The molecular weight excluding hydrogens is 376 g/mol. The van der Waals surface area contributed by atoms with E-state index in [9.17, 15) is 0 Å². The maximum Gasteiger partial charge on any atom is 0.254 e. The Morgan fingerprint density at radius 3 is 2.39 bits per heavy atom. The minimum atomic E-state index is 0.517. The molecule has 8 heteroatoms. The molecule has 4 aromatic rings. The minimum Gasteiger partial charge on any atom is -0.497 e. The van der Waals surface area contributed by atoms with E-state index in [4.69, 9.17) is 16.3 Å². The van der Waals surface area contributed by atoms with Gasteiger partial charge in [0.2, 0.25) is 0 Å². The van der Waals surface area contributed by atoms with Crippen LogP contribution in [0.1, 0.15) is 11.3 Å². The molecule has 0 atom stereocenters. The molecule has 2 aromatic heterocycles. The molecule has 0 bridgehead atoms. The van der Waals surface area contributed by atoms with Crippen molar-refractivity contribution < 1.29 is 4.74 Å². The van der Waals surface area contributed by atoms with Gasteiger partial charge < -0.3 is 15.4 Å². The number of hydrogen-bond donors (Lipinski definition) is 2. The Balaban J connectivity index is 1.45. The molecule has 142 valence electrons. The minimum absolute atomic E-state index is 0.517. The van der Waals surface area contributed by atoms with Crippen LogP contribution in [-0.2, 0) is 6.54 Å².